The lowest BCUT2D eigenvalue weighted by Gasteiger charge is -2.19. The summed E-state index contributed by atoms with van der Waals surface area (Å²) < 4.78 is 10.6. The second kappa shape index (κ2) is 6.49. The van der Waals surface area contributed by atoms with E-state index in [2.05, 4.69) is 31.3 Å². The summed E-state index contributed by atoms with van der Waals surface area (Å²) in [6.45, 7) is 5.70. The van der Waals surface area contributed by atoms with Crippen LogP contribution in [0.3, 0.4) is 0 Å². The van der Waals surface area contributed by atoms with E-state index in [4.69, 9.17) is 9.47 Å². The molecule has 1 fully saturated rings. The second-order valence-electron chi connectivity index (χ2n) is 6.03. The molecule has 1 atom stereocenters. The highest BCUT2D eigenvalue weighted by Gasteiger charge is 2.40. The Balaban J connectivity index is 1.88. The van der Waals surface area contributed by atoms with Gasteiger partial charge in [0.2, 0.25) is 0 Å². The molecular formula is C17H27NO2. The molecule has 2 rings (SSSR count). The van der Waals surface area contributed by atoms with Crippen molar-refractivity contribution in [2.75, 3.05) is 20.8 Å². The third-order valence-corrected chi connectivity index (χ3v) is 4.52. The van der Waals surface area contributed by atoms with E-state index in [0.29, 0.717) is 11.5 Å². The molecule has 0 radical (unpaired) electrons. The molecule has 1 N–H and O–H groups in total. The third kappa shape index (κ3) is 3.66. The molecule has 112 valence electrons. The minimum absolute atomic E-state index is 0.483. The molecule has 0 spiro atoms. The van der Waals surface area contributed by atoms with E-state index in [1.807, 2.05) is 6.07 Å². The lowest BCUT2D eigenvalue weighted by molar-refractivity contribution is 0.354. The summed E-state index contributed by atoms with van der Waals surface area (Å²) >= 11 is 0. The number of rotatable bonds is 8. The van der Waals surface area contributed by atoms with Crippen LogP contribution in [-0.4, -0.2) is 26.8 Å². The molecule has 0 aromatic heterocycles. The number of hydrogen-bond donors (Lipinski definition) is 1. The van der Waals surface area contributed by atoms with Crippen molar-refractivity contribution in [3.05, 3.63) is 23.8 Å². The van der Waals surface area contributed by atoms with Gasteiger partial charge in [-0.25, -0.2) is 0 Å². The van der Waals surface area contributed by atoms with Gasteiger partial charge in [-0.3, -0.25) is 0 Å². The first-order valence-electron chi connectivity index (χ1n) is 7.57. The Kier molecular flexibility index (Phi) is 4.92. The Bertz CT molecular complexity index is 441. The normalized spacial score (nSPS) is 17.6. The summed E-state index contributed by atoms with van der Waals surface area (Å²) in [4.78, 5) is 0. The molecule has 0 amide bonds. The predicted molar refractivity (Wildman–Crippen MR) is 82.7 cm³/mol. The van der Waals surface area contributed by atoms with Crippen LogP contribution >= 0.6 is 0 Å². The van der Waals surface area contributed by atoms with Gasteiger partial charge in [0.25, 0.3) is 0 Å². The molecule has 1 aliphatic carbocycles. The van der Waals surface area contributed by atoms with Crippen LogP contribution < -0.4 is 14.8 Å². The summed E-state index contributed by atoms with van der Waals surface area (Å²) in [6, 6.07) is 6.66. The first kappa shape index (κ1) is 15.2. The van der Waals surface area contributed by atoms with E-state index in [0.717, 1.165) is 24.5 Å². The SMILES string of the molecule is CCC1(CNC(C)Cc2ccc(OC)c(OC)c2)CC1. The first-order valence-corrected chi connectivity index (χ1v) is 7.57. The molecule has 1 aliphatic rings. The van der Waals surface area contributed by atoms with Gasteiger partial charge in [-0.15, -0.1) is 0 Å². The molecule has 0 saturated heterocycles. The van der Waals surface area contributed by atoms with E-state index in [9.17, 15) is 0 Å². The zero-order valence-electron chi connectivity index (χ0n) is 13.2. The molecule has 3 nitrogen and oxygen atoms in total. The fourth-order valence-electron chi connectivity index (χ4n) is 2.66. The standard InChI is InChI=1S/C17H27NO2/c1-5-17(8-9-17)12-18-13(2)10-14-6-7-15(19-3)16(11-14)20-4/h6-7,11,13,18H,5,8-10,12H2,1-4H3. The quantitative estimate of drug-likeness (QED) is 0.790. The number of hydrogen-bond acceptors (Lipinski definition) is 3. The zero-order valence-corrected chi connectivity index (χ0v) is 13.2. The van der Waals surface area contributed by atoms with Gasteiger partial charge in [0.05, 0.1) is 14.2 Å². The van der Waals surface area contributed by atoms with Gasteiger partial charge in [-0.2, -0.15) is 0 Å². The highest BCUT2D eigenvalue weighted by Crippen LogP contribution is 2.47. The Labute approximate surface area is 122 Å². The van der Waals surface area contributed by atoms with E-state index >= 15 is 0 Å². The summed E-state index contributed by atoms with van der Waals surface area (Å²) in [7, 11) is 3.35. The fourth-order valence-corrected chi connectivity index (χ4v) is 2.66. The Morgan fingerprint density at radius 3 is 2.45 bits per heavy atom. The van der Waals surface area contributed by atoms with Crippen molar-refractivity contribution in [3.63, 3.8) is 0 Å². The molecule has 0 aliphatic heterocycles. The number of benzene rings is 1. The van der Waals surface area contributed by atoms with Crippen molar-refractivity contribution in [2.24, 2.45) is 5.41 Å². The van der Waals surface area contributed by atoms with Crippen LogP contribution in [0.4, 0.5) is 0 Å². The van der Waals surface area contributed by atoms with Crippen molar-refractivity contribution in [3.8, 4) is 11.5 Å². The van der Waals surface area contributed by atoms with E-state index < -0.39 is 0 Å². The van der Waals surface area contributed by atoms with Gasteiger partial charge in [-0.05, 0) is 55.7 Å². The number of methoxy groups -OCH3 is 2. The van der Waals surface area contributed by atoms with Crippen molar-refractivity contribution in [2.45, 2.75) is 45.6 Å². The van der Waals surface area contributed by atoms with E-state index in [1.165, 1.54) is 24.8 Å². The van der Waals surface area contributed by atoms with Crippen LogP contribution in [0.25, 0.3) is 0 Å². The van der Waals surface area contributed by atoms with Crippen LogP contribution in [0.15, 0.2) is 18.2 Å². The molecule has 1 saturated carbocycles. The fraction of sp³-hybridized carbons (Fsp3) is 0.647. The zero-order chi connectivity index (χ0) is 14.6. The highest BCUT2D eigenvalue weighted by molar-refractivity contribution is 5.43. The third-order valence-electron chi connectivity index (χ3n) is 4.52. The average molecular weight is 277 g/mol. The summed E-state index contributed by atoms with van der Waals surface area (Å²) in [6.07, 6.45) is 5.09. The maximum atomic E-state index is 5.35. The number of ether oxygens (including phenoxy) is 2. The largest absolute Gasteiger partial charge is 0.493 e. The van der Waals surface area contributed by atoms with Crippen molar-refractivity contribution >= 4 is 0 Å². The van der Waals surface area contributed by atoms with Crippen LogP contribution in [0.2, 0.25) is 0 Å². The van der Waals surface area contributed by atoms with Gasteiger partial charge in [0.1, 0.15) is 0 Å². The predicted octanol–water partition coefficient (Wildman–Crippen LogP) is 3.41. The second-order valence-corrected chi connectivity index (χ2v) is 6.03. The van der Waals surface area contributed by atoms with Crippen molar-refractivity contribution in [1.82, 2.24) is 5.32 Å². The van der Waals surface area contributed by atoms with E-state index in [-0.39, 0.29) is 0 Å². The van der Waals surface area contributed by atoms with Gasteiger partial charge in [0.15, 0.2) is 11.5 Å². The van der Waals surface area contributed by atoms with Crippen molar-refractivity contribution in [1.29, 1.82) is 0 Å². The minimum Gasteiger partial charge on any atom is -0.493 e. The molecular weight excluding hydrogens is 250 g/mol. The molecule has 20 heavy (non-hydrogen) atoms. The monoisotopic (exact) mass is 277 g/mol. The molecule has 1 aromatic carbocycles. The maximum absolute atomic E-state index is 5.35. The van der Waals surface area contributed by atoms with E-state index in [1.54, 1.807) is 14.2 Å². The summed E-state index contributed by atoms with van der Waals surface area (Å²) in [5.41, 5.74) is 1.88. The Hall–Kier alpha value is -1.22. The lowest BCUT2D eigenvalue weighted by Crippen LogP contribution is -2.33. The lowest BCUT2D eigenvalue weighted by atomic mass is 10.0. The molecule has 0 heterocycles. The number of nitrogens with one attached hydrogen (secondary N) is 1. The molecule has 0 bridgehead atoms. The van der Waals surface area contributed by atoms with Crippen LogP contribution in [0.1, 0.15) is 38.7 Å². The van der Waals surface area contributed by atoms with Crippen LogP contribution in [0.5, 0.6) is 11.5 Å². The Morgan fingerprint density at radius 1 is 1.20 bits per heavy atom. The van der Waals surface area contributed by atoms with Crippen molar-refractivity contribution < 1.29 is 9.47 Å². The maximum Gasteiger partial charge on any atom is 0.160 e. The van der Waals surface area contributed by atoms with Crippen LogP contribution in [0, 0.1) is 5.41 Å². The molecule has 1 unspecified atom stereocenters. The summed E-state index contributed by atoms with van der Waals surface area (Å²) in [5, 5.41) is 3.68. The molecule has 3 heteroatoms. The topological polar surface area (TPSA) is 30.5 Å². The minimum atomic E-state index is 0.483. The smallest absolute Gasteiger partial charge is 0.160 e. The van der Waals surface area contributed by atoms with Gasteiger partial charge in [0, 0.05) is 12.6 Å². The van der Waals surface area contributed by atoms with Gasteiger partial charge >= 0.3 is 0 Å². The van der Waals surface area contributed by atoms with Crippen LogP contribution in [-0.2, 0) is 6.42 Å². The highest BCUT2D eigenvalue weighted by atomic mass is 16.5. The molecule has 1 aromatic rings. The Morgan fingerprint density at radius 2 is 1.90 bits per heavy atom. The average Bonchev–Trinajstić information content (AvgIpc) is 3.25. The summed E-state index contributed by atoms with van der Waals surface area (Å²) in [5.74, 6) is 1.60. The van der Waals surface area contributed by atoms with Gasteiger partial charge in [-0.1, -0.05) is 13.0 Å². The van der Waals surface area contributed by atoms with Gasteiger partial charge < -0.3 is 14.8 Å². The first-order chi connectivity index (χ1) is 9.62.